The fraction of sp³-hybridized carbons (Fsp3) is 0.446. The van der Waals surface area contributed by atoms with Gasteiger partial charge in [-0.25, -0.2) is 6.29 Å². The van der Waals surface area contributed by atoms with Crippen LogP contribution in [0.5, 0.6) is 0 Å². The number of nitrogens with one attached hydrogen (secondary N) is 5. The first-order valence-corrected chi connectivity index (χ1v) is 33.1. The number of ether oxygens (including phenoxy) is 4. The number of carbonyl (C=O) groups excluding carboxylic acids is 8. The molecule has 0 bridgehead atoms. The molecule has 5 amide bonds. The molecule has 2 fully saturated rings. The molecular weight excluding hydrogens is 1310 g/mol. The van der Waals surface area contributed by atoms with Crippen molar-refractivity contribution in [3.8, 4) is 22.3 Å². The molecule has 0 unspecified atom stereocenters. The molecule has 95 heavy (non-hydrogen) atoms. The van der Waals surface area contributed by atoms with Crippen LogP contribution in [0.15, 0.2) is 121 Å². The monoisotopic (exact) mass is 1390 g/mol. The Hall–Kier alpha value is -5.00. The number of thioether (sulfide) groups is 2. The first kappa shape index (κ1) is 82.4. The first-order valence-electron chi connectivity index (χ1n) is 29.9. The van der Waals surface area contributed by atoms with Crippen molar-refractivity contribution in [1.82, 2.24) is 26.6 Å². The zero-order chi connectivity index (χ0) is 66.4. The van der Waals surface area contributed by atoms with Gasteiger partial charge in [-0.1, -0.05) is 84.9 Å². The van der Waals surface area contributed by atoms with Crippen LogP contribution in [0.3, 0.4) is 0 Å². The van der Waals surface area contributed by atoms with Gasteiger partial charge in [-0.15, -0.1) is 11.3 Å². The summed E-state index contributed by atoms with van der Waals surface area (Å²) in [5, 5.41) is 92.3. The van der Waals surface area contributed by atoms with Crippen LogP contribution in [-0.4, -0.2) is 212 Å². The van der Waals surface area contributed by atoms with Gasteiger partial charge in [0.25, 0.3) is 17.7 Å². The van der Waals surface area contributed by atoms with Gasteiger partial charge >= 0.3 is 59.1 Å². The second kappa shape index (κ2) is 40.8. The van der Waals surface area contributed by atoms with Crippen molar-refractivity contribution in [3.63, 3.8) is 0 Å². The molecule has 12 N–H and O–H groups in total. The molecule has 2 aliphatic heterocycles. The van der Waals surface area contributed by atoms with Gasteiger partial charge in [0.2, 0.25) is 17.6 Å². The molecular formula is C65H78N5Na2O20S3-. The molecule has 30 heteroatoms. The predicted octanol–water partition coefficient (Wildman–Crippen LogP) is -4.25. The van der Waals surface area contributed by atoms with Gasteiger partial charge in [-0.3, -0.25) is 28.8 Å². The third-order valence-corrected chi connectivity index (χ3v) is 18.5. The maximum atomic E-state index is 13.1. The van der Waals surface area contributed by atoms with Crippen molar-refractivity contribution in [2.75, 3.05) is 55.9 Å². The average molecular weight is 1390 g/mol. The number of hydrogen-bond donors (Lipinski definition) is 11. The number of rotatable bonds is 35. The molecule has 0 radical (unpaired) electrons. The Morgan fingerprint density at radius 1 is 0.589 bits per heavy atom. The molecule has 2 saturated heterocycles. The summed E-state index contributed by atoms with van der Waals surface area (Å²) < 4.78 is 23.2. The summed E-state index contributed by atoms with van der Waals surface area (Å²) in [6, 6.07) is 33.0. The molecule has 0 spiro atoms. The van der Waals surface area contributed by atoms with E-state index in [2.05, 4.69) is 26.6 Å². The summed E-state index contributed by atoms with van der Waals surface area (Å²) in [7, 11) is 0. The zero-order valence-electron chi connectivity index (χ0n) is 53.1. The van der Waals surface area contributed by atoms with E-state index >= 15 is 0 Å². The molecule has 504 valence electrons. The van der Waals surface area contributed by atoms with Crippen LogP contribution in [0.4, 0.5) is 0 Å². The normalized spacial score (nSPS) is 21.9. The van der Waals surface area contributed by atoms with E-state index in [1.165, 1.54) is 30.4 Å². The topological polar surface area (TPSA) is 408 Å². The Bertz CT molecular complexity index is 3260. The molecule has 25 nitrogen and oxygen atoms in total. The van der Waals surface area contributed by atoms with Crippen molar-refractivity contribution in [2.45, 2.75) is 125 Å². The summed E-state index contributed by atoms with van der Waals surface area (Å²) in [6.45, 7) is 1.38. The van der Waals surface area contributed by atoms with E-state index in [4.69, 9.17) is 18.9 Å². The smallest absolute Gasteiger partial charge is 0.870 e. The summed E-state index contributed by atoms with van der Waals surface area (Å²) in [4.78, 5) is 102. The van der Waals surface area contributed by atoms with Crippen LogP contribution < -0.4 is 90.8 Å². The van der Waals surface area contributed by atoms with E-state index in [-0.39, 0.29) is 114 Å². The molecule has 0 saturated carbocycles. The minimum absolute atomic E-state index is 0. The summed E-state index contributed by atoms with van der Waals surface area (Å²) >= 11 is 4.00. The largest absolute Gasteiger partial charge is 1.00 e. The molecule has 4 aromatic carbocycles. The number of hydrogen-bond acceptors (Lipinski definition) is 23. The minimum atomic E-state index is -2.59. The van der Waals surface area contributed by atoms with Crippen LogP contribution in [-0.2, 0) is 38.1 Å². The van der Waals surface area contributed by atoms with Gasteiger partial charge in [0.05, 0.1) is 58.6 Å². The number of aliphatic carboxylic acids is 1. The average Bonchev–Trinajstić information content (AvgIpc) is 1.22. The van der Waals surface area contributed by atoms with E-state index in [1.54, 1.807) is 66.9 Å². The number of aliphatic hydroxyl groups excluding tert-OH is 6. The molecule has 7 rings (SSSR count). The first-order chi connectivity index (χ1) is 44.1. The molecule has 12 atom stereocenters. The molecule has 5 aromatic rings. The number of amides is 5. The fourth-order valence-corrected chi connectivity index (χ4v) is 12.9. The van der Waals surface area contributed by atoms with Gasteiger partial charge in [-0.05, 0) is 95.2 Å². The number of ketones is 1. The van der Waals surface area contributed by atoms with E-state index < -0.39 is 128 Å². The van der Waals surface area contributed by atoms with Crippen molar-refractivity contribution in [2.24, 2.45) is 0 Å². The fourth-order valence-electron chi connectivity index (χ4n) is 10.3. The van der Waals surface area contributed by atoms with Gasteiger partial charge in [-0.2, -0.15) is 23.5 Å². The van der Waals surface area contributed by atoms with Crippen molar-refractivity contribution < 1.29 is 158 Å². The van der Waals surface area contributed by atoms with E-state index in [9.17, 15) is 74.1 Å². The van der Waals surface area contributed by atoms with Crippen LogP contribution in [0, 0.1) is 0 Å². The number of thiophene rings is 1. The van der Waals surface area contributed by atoms with Gasteiger partial charge in [0.15, 0.2) is 5.78 Å². The zero-order valence-corrected chi connectivity index (χ0v) is 59.5. The number of carbonyl (C=O) groups is 7. The number of aliphatic hydroxyl groups is 6. The number of benzene rings is 4. The third kappa shape index (κ3) is 24.2. The quantitative estimate of drug-likeness (QED) is 0.00792. The van der Waals surface area contributed by atoms with E-state index in [0.29, 0.717) is 51.2 Å². The standard InChI is InChI=1S/C65H78N5O19S3.2Na.H2O/c1-39(72)69-54-48(75)34-64(38-71,88-58(54)56(79)50(77)36-67-60(81)45-21-17-43(18-22-45)41-12-5-3-6-13-41)86-28-10-32-91-33-27-66-62(83)53-26-25-52(92-53)47(74)16-9-30-90-31-11-29-87-65(63(84)85)35-49(76)55(70-40(2)73)59(89-65)57(80)51(78)37-68-61(82)46-23-19-44(20-24-46)42-14-7-4-8-15-42;;;/h3-8,12-15,17-26,48-51,54-59,75-80H,9-11,16,27-37H2,1-2H3,(H,66,83)(H,67,81)(H,68,82)(H,69,72)(H,70,73)(H,84,85);;;1H2/q-1;2*+1;/p-2/t48-,49-,50+,51+,54+,55+,56+,57+,58+,59+,64+,65+;;;/m0.../s1. The van der Waals surface area contributed by atoms with Gasteiger partial charge < -0.3 is 96.3 Å². The Kier molecular flexibility index (Phi) is 35.4. The van der Waals surface area contributed by atoms with Crippen LogP contribution in [0.1, 0.15) is 92.4 Å². The summed E-state index contributed by atoms with van der Waals surface area (Å²) in [5.74, 6) is -7.47. The van der Waals surface area contributed by atoms with Crippen LogP contribution in [0.25, 0.3) is 22.3 Å². The molecule has 1 aromatic heterocycles. The SMILES string of the molecule is CC(=O)N[C@H]1[C@H]([C@H](O)[C@H](O)CNC(=O)c2ccc(-c3ccccc3)cc2)O[C@]([C-]=O)(OCCCSCCNC(=O)c2ccc(C(=O)CCCSCCCO[C@]3(C(=O)[O-])C[C@H](O)[C@@H](NC(C)=O)[C@H]([C@H](O)[C@H](O)CNC(=O)c4ccc(-c5ccccc5)cc4)O3)s2)C[C@@H]1O.[Na+].[Na+].[OH-]. The molecule has 3 heterocycles. The van der Waals surface area contributed by atoms with Crippen molar-refractivity contribution in [3.05, 3.63) is 142 Å². The Morgan fingerprint density at radius 3 is 1.52 bits per heavy atom. The molecule has 0 aliphatic carbocycles. The number of Topliss-reactive ketones (excluding diaryl/α,β-unsaturated/α-hetero) is 1. The van der Waals surface area contributed by atoms with E-state index in [1.807, 2.05) is 60.7 Å². The Balaban J connectivity index is 0.00000640. The number of carboxylic acid groups (broad SMARTS) is 1. The minimum Gasteiger partial charge on any atom is -0.870 e. The molecule has 2 aliphatic rings. The predicted molar refractivity (Wildman–Crippen MR) is 343 cm³/mol. The maximum Gasteiger partial charge on any atom is 1.00 e. The third-order valence-electron chi connectivity index (χ3n) is 15.1. The van der Waals surface area contributed by atoms with Crippen LogP contribution >= 0.6 is 34.9 Å². The van der Waals surface area contributed by atoms with E-state index in [0.717, 1.165) is 40.5 Å². The van der Waals surface area contributed by atoms with Gasteiger partial charge in [0.1, 0.15) is 30.4 Å². The summed E-state index contributed by atoms with van der Waals surface area (Å²) in [6.07, 6.45) is -11.8. The number of carboxylic acids is 1. The van der Waals surface area contributed by atoms with Crippen LogP contribution in [0.2, 0.25) is 0 Å². The Morgan fingerprint density at radius 2 is 1.03 bits per heavy atom. The maximum absolute atomic E-state index is 13.1. The summed E-state index contributed by atoms with van der Waals surface area (Å²) in [5.41, 5.74) is 4.22. The van der Waals surface area contributed by atoms with Crippen molar-refractivity contribution in [1.29, 1.82) is 0 Å². The van der Waals surface area contributed by atoms with Crippen molar-refractivity contribution >= 4 is 82.4 Å². The second-order valence-electron chi connectivity index (χ2n) is 22.1. The Labute approximate surface area is 606 Å². The second-order valence-corrected chi connectivity index (χ2v) is 25.6. The van der Waals surface area contributed by atoms with Gasteiger partial charge in [0, 0.05) is 76.2 Å².